The van der Waals surface area contributed by atoms with Gasteiger partial charge in [0.1, 0.15) is 17.6 Å². The van der Waals surface area contributed by atoms with Crippen molar-refractivity contribution in [1.29, 1.82) is 5.26 Å². The molecule has 0 fully saturated rings. The molecule has 0 amide bonds. The zero-order chi connectivity index (χ0) is 14.9. The van der Waals surface area contributed by atoms with E-state index in [2.05, 4.69) is 4.74 Å². The summed E-state index contributed by atoms with van der Waals surface area (Å²) < 4.78 is 10.3. The lowest BCUT2D eigenvalue weighted by Crippen LogP contribution is -1.99. The largest absolute Gasteiger partial charge is 0.457 e. The Hall–Kier alpha value is -3.06. The molecule has 2 aromatic rings. The Kier molecular flexibility index (Phi) is 5.13. The zero-order valence-corrected chi connectivity index (χ0v) is 11.2. The highest BCUT2D eigenvalue weighted by molar-refractivity contribution is 5.87. The van der Waals surface area contributed by atoms with Crippen molar-refractivity contribution in [3.63, 3.8) is 0 Å². The van der Waals surface area contributed by atoms with Crippen LogP contribution in [0.3, 0.4) is 0 Å². The zero-order valence-electron chi connectivity index (χ0n) is 11.2. The Bertz CT molecular complexity index is 672. The second-order valence-corrected chi connectivity index (χ2v) is 4.09. The molecule has 4 nitrogen and oxygen atoms in total. The Labute approximate surface area is 122 Å². The number of carbonyl (C=O) groups is 1. The van der Waals surface area contributed by atoms with Crippen molar-refractivity contribution >= 4 is 12.0 Å². The van der Waals surface area contributed by atoms with Crippen LogP contribution in [0.2, 0.25) is 0 Å². The monoisotopic (exact) mass is 279 g/mol. The van der Waals surface area contributed by atoms with E-state index in [-0.39, 0.29) is 6.61 Å². The minimum Gasteiger partial charge on any atom is -0.457 e. The molecule has 2 rings (SSSR count). The summed E-state index contributed by atoms with van der Waals surface area (Å²) in [5, 5.41) is 8.31. The first-order valence-electron chi connectivity index (χ1n) is 6.33. The van der Waals surface area contributed by atoms with E-state index in [0.717, 1.165) is 11.3 Å². The third-order valence-electron chi connectivity index (χ3n) is 2.53. The summed E-state index contributed by atoms with van der Waals surface area (Å²) in [6, 6.07) is 18.5. The maximum absolute atomic E-state index is 11.3. The van der Waals surface area contributed by atoms with E-state index in [1.165, 1.54) is 6.08 Å². The fourth-order valence-electron chi connectivity index (χ4n) is 1.62. The summed E-state index contributed by atoms with van der Waals surface area (Å²) in [6.45, 7) is -0.250. The van der Waals surface area contributed by atoms with Crippen LogP contribution in [-0.4, -0.2) is 12.6 Å². The first-order chi connectivity index (χ1) is 10.3. The van der Waals surface area contributed by atoms with Gasteiger partial charge in [0.15, 0.2) is 6.61 Å². The average molecular weight is 279 g/mol. The Morgan fingerprint density at radius 2 is 1.86 bits per heavy atom. The maximum Gasteiger partial charge on any atom is 0.331 e. The van der Waals surface area contributed by atoms with Crippen LogP contribution in [0.4, 0.5) is 0 Å². The van der Waals surface area contributed by atoms with Crippen LogP contribution in [-0.2, 0) is 9.53 Å². The van der Waals surface area contributed by atoms with Gasteiger partial charge in [-0.1, -0.05) is 30.3 Å². The van der Waals surface area contributed by atoms with Crippen molar-refractivity contribution in [3.05, 3.63) is 66.2 Å². The molecular formula is C17H13NO3. The van der Waals surface area contributed by atoms with E-state index in [0.29, 0.717) is 5.75 Å². The highest BCUT2D eigenvalue weighted by Gasteiger charge is 1.99. The van der Waals surface area contributed by atoms with Gasteiger partial charge in [0.2, 0.25) is 0 Å². The predicted octanol–water partition coefficient (Wildman–Crippen LogP) is 3.56. The highest BCUT2D eigenvalue weighted by atomic mass is 16.5. The summed E-state index contributed by atoms with van der Waals surface area (Å²) in [5.74, 6) is 0.867. The number of esters is 1. The van der Waals surface area contributed by atoms with E-state index in [1.807, 2.05) is 48.5 Å². The summed E-state index contributed by atoms with van der Waals surface area (Å²) >= 11 is 0. The summed E-state index contributed by atoms with van der Waals surface area (Å²) in [7, 11) is 0. The summed E-state index contributed by atoms with van der Waals surface area (Å²) in [6.07, 6.45) is 2.89. The van der Waals surface area contributed by atoms with Gasteiger partial charge in [-0.3, -0.25) is 0 Å². The Balaban J connectivity index is 2.03. The number of nitrogens with zero attached hydrogens (tertiary/aromatic N) is 1. The second-order valence-electron chi connectivity index (χ2n) is 4.09. The smallest absolute Gasteiger partial charge is 0.331 e. The van der Waals surface area contributed by atoms with Gasteiger partial charge in [0, 0.05) is 6.08 Å². The van der Waals surface area contributed by atoms with Gasteiger partial charge >= 0.3 is 5.97 Å². The molecule has 0 unspecified atom stereocenters. The van der Waals surface area contributed by atoms with Gasteiger partial charge in [-0.2, -0.15) is 5.26 Å². The van der Waals surface area contributed by atoms with Crippen LogP contribution in [0, 0.1) is 11.3 Å². The van der Waals surface area contributed by atoms with Crippen LogP contribution in [0.15, 0.2) is 60.7 Å². The first kappa shape index (κ1) is 14.4. The second kappa shape index (κ2) is 7.51. The van der Waals surface area contributed by atoms with Crippen molar-refractivity contribution in [2.24, 2.45) is 0 Å². The lowest BCUT2D eigenvalue weighted by molar-refractivity contribution is -0.136. The lowest BCUT2D eigenvalue weighted by atomic mass is 10.2. The molecule has 0 heterocycles. The maximum atomic E-state index is 11.3. The molecule has 4 heteroatoms. The van der Waals surface area contributed by atoms with Gasteiger partial charge in [-0.05, 0) is 35.9 Å². The van der Waals surface area contributed by atoms with Gasteiger partial charge in [-0.15, -0.1) is 0 Å². The third-order valence-corrected chi connectivity index (χ3v) is 2.53. The van der Waals surface area contributed by atoms with Crippen molar-refractivity contribution in [3.8, 4) is 17.6 Å². The standard InChI is InChI=1S/C17H13NO3/c18-11-12-20-17(19)10-9-14-5-4-8-16(13-14)21-15-6-2-1-3-7-15/h1-10,13H,12H2/b10-9+. The molecule has 0 bridgehead atoms. The number of ether oxygens (including phenoxy) is 2. The minimum atomic E-state index is -0.550. The molecular weight excluding hydrogens is 266 g/mol. The number of rotatable bonds is 5. The molecule has 0 saturated heterocycles. The number of nitriles is 1. The molecule has 21 heavy (non-hydrogen) atoms. The number of benzene rings is 2. The Morgan fingerprint density at radius 3 is 2.62 bits per heavy atom. The van der Waals surface area contributed by atoms with Crippen LogP contribution in [0.5, 0.6) is 11.5 Å². The molecule has 0 saturated carbocycles. The summed E-state index contributed by atoms with van der Waals surface area (Å²) in [4.78, 5) is 11.3. The first-order valence-corrected chi connectivity index (χ1v) is 6.33. The van der Waals surface area contributed by atoms with Crippen molar-refractivity contribution in [2.45, 2.75) is 0 Å². The topological polar surface area (TPSA) is 59.3 Å². The third kappa shape index (κ3) is 4.84. The molecule has 2 aromatic carbocycles. The normalized spacial score (nSPS) is 10.0. The van der Waals surface area contributed by atoms with Gasteiger partial charge in [0.05, 0.1) is 0 Å². The van der Waals surface area contributed by atoms with E-state index >= 15 is 0 Å². The van der Waals surface area contributed by atoms with E-state index < -0.39 is 5.97 Å². The van der Waals surface area contributed by atoms with Crippen LogP contribution in [0.25, 0.3) is 6.08 Å². The number of hydrogen-bond donors (Lipinski definition) is 0. The number of para-hydroxylation sites is 1. The van der Waals surface area contributed by atoms with Crippen LogP contribution in [0.1, 0.15) is 5.56 Å². The molecule has 0 aliphatic carbocycles. The fourth-order valence-corrected chi connectivity index (χ4v) is 1.62. The van der Waals surface area contributed by atoms with Gasteiger partial charge in [0.25, 0.3) is 0 Å². The SMILES string of the molecule is N#CCOC(=O)/C=C/c1cccc(Oc2ccccc2)c1. The molecule has 0 N–H and O–H groups in total. The van der Waals surface area contributed by atoms with Crippen molar-refractivity contribution in [2.75, 3.05) is 6.61 Å². The van der Waals surface area contributed by atoms with E-state index in [9.17, 15) is 4.79 Å². The average Bonchev–Trinajstić information content (AvgIpc) is 2.52. The van der Waals surface area contributed by atoms with Crippen molar-refractivity contribution in [1.82, 2.24) is 0 Å². The molecule has 0 radical (unpaired) electrons. The molecule has 0 atom stereocenters. The predicted molar refractivity (Wildman–Crippen MR) is 78.6 cm³/mol. The summed E-state index contributed by atoms with van der Waals surface area (Å²) in [5.41, 5.74) is 0.803. The number of carbonyl (C=O) groups excluding carboxylic acids is 1. The minimum absolute atomic E-state index is 0.250. The molecule has 104 valence electrons. The molecule has 0 spiro atoms. The quantitative estimate of drug-likeness (QED) is 0.620. The van der Waals surface area contributed by atoms with E-state index in [4.69, 9.17) is 10.00 Å². The van der Waals surface area contributed by atoms with E-state index in [1.54, 1.807) is 18.2 Å². The van der Waals surface area contributed by atoms with Gasteiger partial charge < -0.3 is 9.47 Å². The van der Waals surface area contributed by atoms with Crippen LogP contribution < -0.4 is 4.74 Å². The number of hydrogen-bond acceptors (Lipinski definition) is 4. The molecule has 0 aromatic heterocycles. The molecule has 0 aliphatic rings. The van der Waals surface area contributed by atoms with Crippen molar-refractivity contribution < 1.29 is 14.3 Å². The van der Waals surface area contributed by atoms with Crippen LogP contribution >= 0.6 is 0 Å². The Morgan fingerprint density at radius 1 is 1.10 bits per heavy atom. The van der Waals surface area contributed by atoms with Gasteiger partial charge in [-0.25, -0.2) is 4.79 Å². The lowest BCUT2D eigenvalue weighted by Gasteiger charge is -2.05. The highest BCUT2D eigenvalue weighted by Crippen LogP contribution is 2.22. The fraction of sp³-hybridized carbons (Fsp3) is 0.0588. The molecule has 0 aliphatic heterocycles.